The molecule has 19 heavy (non-hydrogen) atoms. The minimum Gasteiger partial charge on any atom is -0.376 e. The average molecular weight is 279 g/mol. The van der Waals surface area contributed by atoms with Gasteiger partial charge in [-0.3, -0.25) is 0 Å². The van der Waals surface area contributed by atoms with Gasteiger partial charge in [-0.15, -0.1) is 0 Å². The Bertz CT molecular complexity index is 585. The molecule has 0 aliphatic rings. The molecule has 0 saturated carbocycles. The van der Waals surface area contributed by atoms with E-state index < -0.39 is 6.43 Å². The van der Waals surface area contributed by atoms with Gasteiger partial charge in [0.15, 0.2) is 5.11 Å². The zero-order chi connectivity index (χ0) is 13.8. The number of hydrogen-bond acceptors (Lipinski definition) is 2. The first kappa shape index (κ1) is 13.4. The van der Waals surface area contributed by atoms with Crippen LogP contribution in [0.5, 0.6) is 0 Å². The van der Waals surface area contributed by atoms with Crippen LogP contribution in [0.2, 0.25) is 0 Å². The number of thiocarbonyl (C=S) groups is 1. The minimum atomic E-state index is -2.57. The second-order valence-corrected chi connectivity index (χ2v) is 4.25. The highest BCUT2D eigenvalue weighted by atomic mass is 32.1. The van der Waals surface area contributed by atoms with E-state index in [1.807, 2.05) is 0 Å². The topological polar surface area (TPSA) is 50.9 Å². The number of hydrogen-bond donors (Lipinski definition) is 2. The van der Waals surface area contributed by atoms with Crippen molar-refractivity contribution in [2.24, 2.45) is 5.73 Å². The third kappa shape index (κ3) is 3.45. The van der Waals surface area contributed by atoms with Gasteiger partial charge in [0.2, 0.25) is 0 Å². The van der Waals surface area contributed by atoms with Gasteiger partial charge in [-0.25, -0.2) is 13.8 Å². The van der Waals surface area contributed by atoms with E-state index in [2.05, 4.69) is 10.3 Å². The fourth-order valence-electron chi connectivity index (χ4n) is 1.60. The summed E-state index contributed by atoms with van der Waals surface area (Å²) >= 11 is 4.72. The molecule has 0 saturated heterocycles. The first-order valence-corrected chi connectivity index (χ1v) is 5.89. The van der Waals surface area contributed by atoms with Gasteiger partial charge in [-0.1, -0.05) is 18.2 Å². The number of halogens is 2. The lowest BCUT2D eigenvalue weighted by molar-refractivity contribution is 0.146. The molecule has 3 N–H and O–H groups in total. The van der Waals surface area contributed by atoms with Gasteiger partial charge in [-0.05, 0) is 36.5 Å². The summed E-state index contributed by atoms with van der Waals surface area (Å²) in [6.07, 6.45) is -2.57. The van der Waals surface area contributed by atoms with Crippen molar-refractivity contribution < 1.29 is 8.78 Å². The SMILES string of the molecule is NC(=S)Nc1ccc(-c2cccc(C(F)F)n2)cc1. The van der Waals surface area contributed by atoms with Gasteiger partial charge in [0, 0.05) is 11.3 Å². The molecule has 1 heterocycles. The van der Waals surface area contributed by atoms with Crippen LogP contribution in [0.15, 0.2) is 42.5 Å². The van der Waals surface area contributed by atoms with Crippen LogP contribution in [0.3, 0.4) is 0 Å². The quantitative estimate of drug-likeness (QED) is 0.846. The molecule has 0 aliphatic heterocycles. The molecule has 0 unspecified atom stereocenters. The van der Waals surface area contributed by atoms with Crippen molar-refractivity contribution in [3.05, 3.63) is 48.2 Å². The maximum Gasteiger partial charge on any atom is 0.280 e. The predicted octanol–water partition coefficient (Wildman–Crippen LogP) is 3.34. The molecule has 1 aromatic carbocycles. The highest BCUT2D eigenvalue weighted by molar-refractivity contribution is 7.80. The Kier molecular flexibility index (Phi) is 4.01. The molecule has 0 fully saturated rings. The maximum absolute atomic E-state index is 12.6. The van der Waals surface area contributed by atoms with Crippen molar-refractivity contribution in [2.75, 3.05) is 5.32 Å². The van der Waals surface area contributed by atoms with Crippen LogP contribution in [-0.4, -0.2) is 10.1 Å². The summed E-state index contributed by atoms with van der Waals surface area (Å²) in [5, 5.41) is 2.95. The summed E-state index contributed by atoms with van der Waals surface area (Å²) in [5.41, 5.74) is 7.10. The van der Waals surface area contributed by atoms with Crippen LogP contribution in [0.1, 0.15) is 12.1 Å². The Morgan fingerprint density at radius 2 is 1.84 bits per heavy atom. The molecule has 0 spiro atoms. The fraction of sp³-hybridized carbons (Fsp3) is 0.0769. The standard InChI is InChI=1S/C13H11F2N3S/c14-12(15)11-3-1-2-10(18-11)8-4-6-9(7-5-8)17-13(16)19/h1-7,12H,(H3,16,17,19). The molecule has 0 radical (unpaired) electrons. The van der Waals surface area contributed by atoms with Gasteiger partial charge in [0.25, 0.3) is 6.43 Å². The number of pyridine rings is 1. The van der Waals surface area contributed by atoms with Gasteiger partial charge < -0.3 is 11.1 Å². The van der Waals surface area contributed by atoms with E-state index in [0.29, 0.717) is 5.69 Å². The third-order valence-corrected chi connectivity index (χ3v) is 2.54. The Labute approximate surface area is 114 Å². The Hall–Kier alpha value is -2.08. The van der Waals surface area contributed by atoms with Crippen molar-refractivity contribution in [1.29, 1.82) is 0 Å². The zero-order valence-corrected chi connectivity index (χ0v) is 10.6. The monoisotopic (exact) mass is 279 g/mol. The van der Waals surface area contributed by atoms with Crippen LogP contribution >= 0.6 is 12.2 Å². The number of nitrogens with one attached hydrogen (secondary N) is 1. The van der Waals surface area contributed by atoms with E-state index in [4.69, 9.17) is 18.0 Å². The van der Waals surface area contributed by atoms with E-state index in [0.717, 1.165) is 11.3 Å². The zero-order valence-electron chi connectivity index (χ0n) is 9.81. The lowest BCUT2D eigenvalue weighted by atomic mass is 10.1. The van der Waals surface area contributed by atoms with E-state index >= 15 is 0 Å². The van der Waals surface area contributed by atoms with Crippen LogP contribution < -0.4 is 11.1 Å². The van der Waals surface area contributed by atoms with Crippen molar-refractivity contribution >= 4 is 23.0 Å². The second kappa shape index (κ2) is 5.71. The third-order valence-electron chi connectivity index (χ3n) is 2.44. The number of benzene rings is 1. The largest absolute Gasteiger partial charge is 0.376 e. The summed E-state index contributed by atoms with van der Waals surface area (Å²) in [5.74, 6) is 0. The molecule has 98 valence electrons. The summed E-state index contributed by atoms with van der Waals surface area (Å²) in [7, 11) is 0. The molecule has 0 atom stereocenters. The highest BCUT2D eigenvalue weighted by Crippen LogP contribution is 2.23. The lowest BCUT2D eigenvalue weighted by Gasteiger charge is -2.06. The lowest BCUT2D eigenvalue weighted by Crippen LogP contribution is -2.18. The number of alkyl halides is 2. The Morgan fingerprint density at radius 1 is 1.16 bits per heavy atom. The number of rotatable bonds is 3. The second-order valence-electron chi connectivity index (χ2n) is 3.81. The number of nitrogens with zero attached hydrogens (tertiary/aromatic N) is 1. The molecule has 0 aliphatic carbocycles. The van der Waals surface area contributed by atoms with Crippen LogP contribution in [0, 0.1) is 0 Å². The number of anilines is 1. The molecule has 0 amide bonds. The van der Waals surface area contributed by atoms with Crippen molar-refractivity contribution in [3.63, 3.8) is 0 Å². The highest BCUT2D eigenvalue weighted by Gasteiger charge is 2.09. The van der Waals surface area contributed by atoms with Crippen LogP contribution in [0.4, 0.5) is 14.5 Å². The number of aromatic nitrogens is 1. The van der Waals surface area contributed by atoms with Crippen molar-refractivity contribution in [1.82, 2.24) is 4.98 Å². The van der Waals surface area contributed by atoms with Crippen molar-refractivity contribution in [3.8, 4) is 11.3 Å². The summed E-state index contributed by atoms with van der Waals surface area (Å²) < 4.78 is 25.1. The minimum absolute atomic E-state index is 0.172. The van der Waals surface area contributed by atoms with E-state index in [9.17, 15) is 8.78 Å². The van der Waals surface area contributed by atoms with Crippen molar-refractivity contribution in [2.45, 2.75) is 6.43 Å². The first-order valence-electron chi connectivity index (χ1n) is 5.48. The van der Waals surface area contributed by atoms with Gasteiger partial charge in [0.05, 0.1) is 5.69 Å². The maximum atomic E-state index is 12.6. The van der Waals surface area contributed by atoms with E-state index in [1.54, 1.807) is 36.4 Å². The molecular weight excluding hydrogens is 268 g/mol. The summed E-state index contributed by atoms with van der Waals surface area (Å²) in [6, 6.07) is 11.6. The molecule has 0 bridgehead atoms. The van der Waals surface area contributed by atoms with Crippen LogP contribution in [-0.2, 0) is 0 Å². The molecular formula is C13H11F2N3S. The first-order chi connectivity index (χ1) is 9.06. The molecule has 6 heteroatoms. The smallest absolute Gasteiger partial charge is 0.280 e. The van der Waals surface area contributed by atoms with Crippen LogP contribution in [0.25, 0.3) is 11.3 Å². The summed E-state index contributed by atoms with van der Waals surface area (Å²) in [4.78, 5) is 3.91. The Balaban J connectivity index is 2.26. The fourth-order valence-corrected chi connectivity index (χ4v) is 1.72. The number of nitrogens with two attached hydrogens (primary N) is 1. The van der Waals surface area contributed by atoms with Gasteiger partial charge in [0.1, 0.15) is 5.69 Å². The van der Waals surface area contributed by atoms with E-state index in [-0.39, 0.29) is 10.8 Å². The molecule has 1 aromatic heterocycles. The normalized spacial score (nSPS) is 10.5. The average Bonchev–Trinajstić information content (AvgIpc) is 2.39. The predicted molar refractivity (Wildman–Crippen MR) is 75.0 cm³/mol. The summed E-state index contributed by atoms with van der Waals surface area (Å²) in [6.45, 7) is 0. The molecule has 2 rings (SSSR count). The Morgan fingerprint density at radius 3 is 2.42 bits per heavy atom. The van der Waals surface area contributed by atoms with E-state index in [1.165, 1.54) is 6.07 Å². The van der Waals surface area contributed by atoms with Gasteiger partial charge >= 0.3 is 0 Å². The van der Waals surface area contributed by atoms with Gasteiger partial charge in [-0.2, -0.15) is 0 Å². The molecule has 3 nitrogen and oxygen atoms in total. The molecule has 2 aromatic rings.